The number of amides is 2. The van der Waals surface area contributed by atoms with Crippen molar-refractivity contribution in [2.75, 3.05) is 39.3 Å². The smallest absolute Gasteiger partial charge is 0.317 e. The second-order valence-corrected chi connectivity index (χ2v) is 7.18. The van der Waals surface area contributed by atoms with Gasteiger partial charge in [0, 0.05) is 44.7 Å². The van der Waals surface area contributed by atoms with E-state index in [1.165, 1.54) is 12.8 Å². The molecule has 122 valence electrons. The third-order valence-electron chi connectivity index (χ3n) is 4.93. The van der Waals surface area contributed by atoms with Gasteiger partial charge in [-0.3, -0.25) is 0 Å². The van der Waals surface area contributed by atoms with Gasteiger partial charge in [0.1, 0.15) is 0 Å². The van der Waals surface area contributed by atoms with Crippen molar-refractivity contribution in [2.24, 2.45) is 17.8 Å². The molecule has 5 heteroatoms. The fourth-order valence-electron chi connectivity index (χ4n) is 3.63. The van der Waals surface area contributed by atoms with Crippen molar-refractivity contribution < 1.29 is 9.90 Å². The van der Waals surface area contributed by atoms with Crippen LogP contribution >= 0.6 is 0 Å². The Bertz CT molecular complexity index is 350. The van der Waals surface area contributed by atoms with E-state index >= 15 is 0 Å². The Morgan fingerprint density at radius 2 is 2.10 bits per heavy atom. The molecule has 0 spiro atoms. The molecule has 0 bridgehead atoms. The van der Waals surface area contributed by atoms with Gasteiger partial charge in [-0.1, -0.05) is 13.8 Å². The maximum absolute atomic E-state index is 12.3. The minimum absolute atomic E-state index is 0.0235. The van der Waals surface area contributed by atoms with Crippen molar-refractivity contribution >= 4 is 6.03 Å². The van der Waals surface area contributed by atoms with E-state index in [2.05, 4.69) is 31.0 Å². The molecular formula is C16H31N3O2. The summed E-state index contributed by atoms with van der Waals surface area (Å²) in [6, 6.07) is 0.196. The second-order valence-electron chi connectivity index (χ2n) is 7.18. The molecule has 21 heavy (non-hydrogen) atoms. The summed E-state index contributed by atoms with van der Waals surface area (Å²) in [6.07, 6.45) is 2.59. The Kier molecular flexibility index (Phi) is 5.88. The van der Waals surface area contributed by atoms with Crippen molar-refractivity contribution in [1.82, 2.24) is 15.1 Å². The van der Waals surface area contributed by atoms with Crippen LogP contribution in [0.25, 0.3) is 0 Å². The normalized spacial score (nSPS) is 32.2. The van der Waals surface area contributed by atoms with Gasteiger partial charge in [0.05, 0.1) is 0 Å². The number of carbonyl (C=O) groups excluding carboxylic acids is 1. The van der Waals surface area contributed by atoms with E-state index in [9.17, 15) is 9.90 Å². The van der Waals surface area contributed by atoms with Gasteiger partial charge >= 0.3 is 6.03 Å². The van der Waals surface area contributed by atoms with E-state index in [4.69, 9.17) is 0 Å². The summed E-state index contributed by atoms with van der Waals surface area (Å²) < 4.78 is 0. The van der Waals surface area contributed by atoms with Crippen molar-refractivity contribution in [1.29, 1.82) is 0 Å². The minimum Gasteiger partial charge on any atom is -0.396 e. The Labute approximate surface area is 128 Å². The van der Waals surface area contributed by atoms with Crippen LogP contribution in [0.5, 0.6) is 0 Å². The van der Waals surface area contributed by atoms with E-state index in [1.807, 2.05) is 4.90 Å². The van der Waals surface area contributed by atoms with Crippen LogP contribution in [0.1, 0.15) is 33.6 Å². The summed E-state index contributed by atoms with van der Waals surface area (Å²) in [5.74, 6) is 1.39. The predicted molar refractivity (Wildman–Crippen MR) is 84.1 cm³/mol. The van der Waals surface area contributed by atoms with Crippen LogP contribution in [0.3, 0.4) is 0 Å². The molecular weight excluding hydrogens is 266 g/mol. The van der Waals surface area contributed by atoms with E-state index in [-0.39, 0.29) is 24.6 Å². The van der Waals surface area contributed by atoms with Crippen molar-refractivity contribution in [3.05, 3.63) is 0 Å². The van der Waals surface area contributed by atoms with Gasteiger partial charge in [0.25, 0.3) is 0 Å². The number of piperidine rings is 1. The molecule has 0 aromatic carbocycles. The number of likely N-dealkylation sites (tertiary alicyclic amines) is 2. The maximum Gasteiger partial charge on any atom is 0.317 e. The first-order valence-corrected chi connectivity index (χ1v) is 8.38. The summed E-state index contributed by atoms with van der Waals surface area (Å²) in [5.41, 5.74) is 0. The molecule has 2 N–H and O–H groups in total. The van der Waals surface area contributed by atoms with Crippen LogP contribution < -0.4 is 5.32 Å². The molecule has 0 radical (unpaired) electrons. The average molecular weight is 297 g/mol. The average Bonchev–Trinajstić information content (AvgIpc) is 2.80. The van der Waals surface area contributed by atoms with Gasteiger partial charge in [0.15, 0.2) is 0 Å². The van der Waals surface area contributed by atoms with E-state index in [0.717, 1.165) is 32.1 Å². The van der Waals surface area contributed by atoms with Gasteiger partial charge in [-0.05, 0) is 38.1 Å². The molecule has 2 rings (SSSR count). The standard InChI is InChI=1S/C16H31N3O2/c1-12-5-4-6-18(7-12)9-14(3)17-16(21)19-8-13(2)15(10-19)11-20/h12-15,20H,4-11H2,1-3H3,(H,17,21)/t12?,13-,14?,15+/m1/s1. The van der Waals surface area contributed by atoms with Crippen LogP contribution in [0.4, 0.5) is 4.79 Å². The Balaban J connectivity index is 1.74. The summed E-state index contributed by atoms with van der Waals surface area (Å²) in [7, 11) is 0. The Hall–Kier alpha value is -0.810. The van der Waals surface area contributed by atoms with Crippen LogP contribution in [0, 0.1) is 17.8 Å². The zero-order valence-corrected chi connectivity index (χ0v) is 13.7. The fraction of sp³-hybridized carbons (Fsp3) is 0.938. The second kappa shape index (κ2) is 7.45. The largest absolute Gasteiger partial charge is 0.396 e. The Morgan fingerprint density at radius 1 is 1.33 bits per heavy atom. The van der Waals surface area contributed by atoms with Crippen molar-refractivity contribution in [3.63, 3.8) is 0 Å². The monoisotopic (exact) mass is 297 g/mol. The molecule has 5 nitrogen and oxygen atoms in total. The molecule has 0 aliphatic carbocycles. The summed E-state index contributed by atoms with van der Waals surface area (Å²) >= 11 is 0. The third-order valence-corrected chi connectivity index (χ3v) is 4.93. The highest BCUT2D eigenvalue weighted by Crippen LogP contribution is 2.22. The molecule has 0 saturated carbocycles. The van der Waals surface area contributed by atoms with Gasteiger partial charge in [-0.15, -0.1) is 0 Å². The minimum atomic E-state index is 0.0235. The maximum atomic E-state index is 12.3. The number of rotatable bonds is 4. The number of aliphatic hydroxyl groups is 1. The summed E-state index contributed by atoms with van der Waals surface area (Å²) in [4.78, 5) is 16.6. The van der Waals surface area contributed by atoms with Crippen molar-refractivity contribution in [2.45, 2.75) is 39.7 Å². The highest BCUT2D eigenvalue weighted by atomic mass is 16.3. The molecule has 2 heterocycles. The van der Waals surface area contributed by atoms with E-state index in [1.54, 1.807) is 0 Å². The quantitative estimate of drug-likeness (QED) is 0.824. The van der Waals surface area contributed by atoms with Gasteiger partial charge in [-0.2, -0.15) is 0 Å². The van der Waals surface area contributed by atoms with Gasteiger partial charge < -0.3 is 20.2 Å². The van der Waals surface area contributed by atoms with Crippen molar-refractivity contribution in [3.8, 4) is 0 Å². The molecule has 2 aliphatic heterocycles. The van der Waals surface area contributed by atoms with Crippen LogP contribution in [0.15, 0.2) is 0 Å². The number of nitrogens with one attached hydrogen (secondary N) is 1. The van der Waals surface area contributed by atoms with Crippen LogP contribution in [-0.4, -0.2) is 66.3 Å². The molecule has 2 aliphatic rings. The fourth-order valence-corrected chi connectivity index (χ4v) is 3.63. The van der Waals surface area contributed by atoms with Crippen LogP contribution in [-0.2, 0) is 0 Å². The lowest BCUT2D eigenvalue weighted by Gasteiger charge is -2.33. The Morgan fingerprint density at radius 3 is 2.71 bits per heavy atom. The molecule has 2 saturated heterocycles. The first-order valence-electron chi connectivity index (χ1n) is 8.38. The zero-order valence-electron chi connectivity index (χ0n) is 13.7. The lowest BCUT2D eigenvalue weighted by molar-refractivity contribution is 0.163. The lowest BCUT2D eigenvalue weighted by Crippen LogP contribution is -2.48. The van der Waals surface area contributed by atoms with Crippen LogP contribution in [0.2, 0.25) is 0 Å². The molecule has 2 fully saturated rings. The molecule has 0 aromatic rings. The molecule has 2 unspecified atom stereocenters. The van der Waals surface area contributed by atoms with Gasteiger partial charge in [0.2, 0.25) is 0 Å². The number of hydrogen-bond acceptors (Lipinski definition) is 3. The van der Waals surface area contributed by atoms with Gasteiger partial charge in [-0.25, -0.2) is 4.79 Å². The number of urea groups is 1. The predicted octanol–water partition coefficient (Wildman–Crippen LogP) is 1.38. The zero-order chi connectivity index (χ0) is 15.4. The number of hydrogen-bond donors (Lipinski definition) is 2. The number of nitrogens with zero attached hydrogens (tertiary/aromatic N) is 2. The summed E-state index contributed by atoms with van der Waals surface area (Å²) in [5, 5.41) is 12.4. The number of carbonyl (C=O) groups is 1. The first kappa shape index (κ1) is 16.6. The third kappa shape index (κ3) is 4.58. The first-order chi connectivity index (χ1) is 9.99. The molecule has 4 atom stereocenters. The van der Waals surface area contributed by atoms with E-state index in [0.29, 0.717) is 12.5 Å². The topological polar surface area (TPSA) is 55.8 Å². The lowest BCUT2D eigenvalue weighted by atomic mass is 10.00. The summed E-state index contributed by atoms with van der Waals surface area (Å²) in [6.45, 7) is 11.3. The molecule has 0 aromatic heterocycles. The number of aliphatic hydroxyl groups excluding tert-OH is 1. The molecule has 2 amide bonds. The van der Waals surface area contributed by atoms with E-state index < -0.39 is 0 Å². The highest BCUT2D eigenvalue weighted by Gasteiger charge is 2.32. The SMILES string of the molecule is CC1CCCN(CC(C)NC(=O)N2C[C@@H](CO)[C@H](C)C2)C1. The highest BCUT2D eigenvalue weighted by molar-refractivity contribution is 5.74.